The molecule has 0 atom stereocenters. The summed E-state index contributed by atoms with van der Waals surface area (Å²) >= 11 is 0. The molecule has 2 rings (SSSR count). The van der Waals surface area contributed by atoms with Crippen LogP contribution in [0.5, 0.6) is 0 Å². The van der Waals surface area contributed by atoms with Gasteiger partial charge in [0, 0.05) is 13.1 Å². The summed E-state index contributed by atoms with van der Waals surface area (Å²) in [6, 6.07) is 0. The summed E-state index contributed by atoms with van der Waals surface area (Å²) in [5.41, 5.74) is 3.95. The molecule has 0 radical (unpaired) electrons. The molecule has 0 unspecified atom stereocenters. The van der Waals surface area contributed by atoms with E-state index in [1.54, 1.807) is 0 Å². The van der Waals surface area contributed by atoms with Gasteiger partial charge in [0.1, 0.15) is 11.2 Å². The maximum absolute atomic E-state index is 11.7. The van der Waals surface area contributed by atoms with Crippen LogP contribution in [0, 0.1) is 0 Å². The van der Waals surface area contributed by atoms with E-state index in [0.717, 1.165) is 0 Å². The second-order valence-electron chi connectivity index (χ2n) is 6.13. The second kappa shape index (κ2) is 3.57. The molecule has 0 aromatic rings. The molecule has 0 aromatic heterocycles. The van der Waals surface area contributed by atoms with Gasteiger partial charge in [-0.25, -0.2) is 4.79 Å². The van der Waals surface area contributed by atoms with Gasteiger partial charge in [0.15, 0.2) is 0 Å². The quantitative estimate of drug-likeness (QED) is 0.565. The number of rotatable bonds is 1. The lowest BCUT2D eigenvalue weighted by atomic mass is 9.71. The van der Waals surface area contributed by atoms with Crippen LogP contribution in [0.3, 0.4) is 0 Å². The first-order valence-corrected chi connectivity index (χ1v) is 5.85. The molecule has 2 fully saturated rings. The fourth-order valence-electron chi connectivity index (χ4n) is 2.08. The number of nitrogens with two attached hydrogens (primary N) is 1. The largest absolute Gasteiger partial charge is 0.444 e. The normalized spacial score (nSPS) is 25.8. The monoisotopic (exact) mass is 243 g/mol. The molecule has 1 amide bonds. The molecule has 2 heterocycles. The van der Waals surface area contributed by atoms with Gasteiger partial charge < -0.3 is 25.8 Å². The first-order chi connectivity index (χ1) is 7.65. The van der Waals surface area contributed by atoms with E-state index in [9.17, 15) is 9.90 Å². The topological polar surface area (TPSA) is 87.8 Å². The van der Waals surface area contributed by atoms with Gasteiger partial charge in [-0.3, -0.25) is 0 Å². The summed E-state index contributed by atoms with van der Waals surface area (Å²) in [7, 11) is 0. The number of hydrogen-bond donors (Lipinski definition) is 3. The molecule has 0 aliphatic carbocycles. The maximum Gasteiger partial charge on any atom is 0.410 e. The number of hydrogen-bond acceptors (Lipinski definition) is 5. The van der Waals surface area contributed by atoms with Crippen molar-refractivity contribution in [3.8, 4) is 0 Å². The highest BCUT2D eigenvalue weighted by molar-refractivity contribution is 5.70. The molecule has 98 valence electrons. The highest BCUT2D eigenvalue weighted by atomic mass is 16.6. The molecule has 0 saturated carbocycles. The van der Waals surface area contributed by atoms with Crippen LogP contribution in [-0.4, -0.2) is 59.0 Å². The minimum atomic E-state index is -0.977. The van der Waals surface area contributed by atoms with Crippen molar-refractivity contribution in [1.82, 2.24) is 10.2 Å². The molecular weight excluding hydrogens is 222 g/mol. The van der Waals surface area contributed by atoms with E-state index >= 15 is 0 Å². The lowest BCUT2D eigenvalue weighted by Gasteiger charge is -2.58. The van der Waals surface area contributed by atoms with E-state index in [-0.39, 0.29) is 13.1 Å². The molecule has 0 aromatic carbocycles. The minimum Gasteiger partial charge on any atom is -0.444 e. The molecule has 6 heteroatoms. The highest BCUT2D eigenvalue weighted by Gasteiger charge is 2.59. The number of ether oxygens (including phenoxy) is 1. The van der Waals surface area contributed by atoms with Crippen molar-refractivity contribution in [3.05, 3.63) is 0 Å². The van der Waals surface area contributed by atoms with Crippen molar-refractivity contribution in [3.63, 3.8) is 0 Å². The third-order valence-electron chi connectivity index (χ3n) is 3.36. The number of nitrogens with zero attached hydrogens (tertiary/aromatic N) is 1. The molecule has 6 nitrogen and oxygen atoms in total. The number of nitrogens with one attached hydrogen (secondary N) is 1. The lowest BCUT2D eigenvalue weighted by molar-refractivity contribution is -0.152. The fraction of sp³-hybridized carbons (Fsp3) is 0.909. The predicted octanol–water partition coefficient (Wildman–Crippen LogP) is -0.731. The number of carbonyl (C=O) groups is 1. The van der Waals surface area contributed by atoms with Crippen LogP contribution in [0.25, 0.3) is 0 Å². The highest BCUT2D eigenvalue weighted by Crippen LogP contribution is 2.33. The second-order valence-corrected chi connectivity index (χ2v) is 6.13. The Hall–Kier alpha value is -0.850. The Morgan fingerprint density at radius 3 is 2.29 bits per heavy atom. The standard InChI is InChI=1S/C11H21N3O3/c1-9(2,3)17-8(15)14-6-11(16,7-14)10(12)4-13-5-10/h13,16H,4-7,12H2,1-3H3. The Kier molecular flexibility index (Phi) is 2.65. The molecule has 0 bridgehead atoms. The average Bonchev–Trinajstić information content (AvgIpc) is 2.05. The fourth-order valence-corrected chi connectivity index (χ4v) is 2.08. The van der Waals surface area contributed by atoms with E-state index in [1.165, 1.54) is 4.90 Å². The van der Waals surface area contributed by atoms with Gasteiger partial charge in [0.2, 0.25) is 0 Å². The molecule has 2 saturated heterocycles. The van der Waals surface area contributed by atoms with E-state index in [2.05, 4.69) is 5.32 Å². The molecule has 17 heavy (non-hydrogen) atoms. The van der Waals surface area contributed by atoms with Crippen molar-refractivity contribution in [2.24, 2.45) is 5.73 Å². The van der Waals surface area contributed by atoms with Gasteiger partial charge in [-0.2, -0.15) is 0 Å². The van der Waals surface area contributed by atoms with E-state index in [4.69, 9.17) is 10.5 Å². The zero-order chi connectivity index (χ0) is 12.9. The predicted molar refractivity (Wildman–Crippen MR) is 62.5 cm³/mol. The van der Waals surface area contributed by atoms with Crippen LogP contribution in [-0.2, 0) is 4.74 Å². The zero-order valence-electron chi connectivity index (χ0n) is 10.6. The maximum atomic E-state index is 11.7. The van der Waals surface area contributed by atoms with Crippen molar-refractivity contribution in [1.29, 1.82) is 0 Å². The van der Waals surface area contributed by atoms with E-state index in [1.807, 2.05) is 20.8 Å². The lowest BCUT2D eigenvalue weighted by Crippen LogP contribution is -2.85. The first-order valence-electron chi connectivity index (χ1n) is 5.85. The van der Waals surface area contributed by atoms with Gasteiger partial charge in [-0.05, 0) is 20.8 Å². The summed E-state index contributed by atoms with van der Waals surface area (Å²) in [5, 5.41) is 13.3. The molecule has 2 aliphatic heterocycles. The van der Waals surface area contributed by atoms with Crippen LogP contribution < -0.4 is 11.1 Å². The van der Waals surface area contributed by atoms with Crippen LogP contribution in [0.2, 0.25) is 0 Å². The van der Waals surface area contributed by atoms with E-state index in [0.29, 0.717) is 13.1 Å². The van der Waals surface area contributed by atoms with Crippen LogP contribution in [0.1, 0.15) is 20.8 Å². The number of amides is 1. The van der Waals surface area contributed by atoms with Crippen molar-refractivity contribution >= 4 is 6.09 Å². The Bertz CT molecular complexity index is 327. The van der Waals surface area contributed by atoms with Gasteiger partial charge in [-0.15, -0.1) is 0 Å². The smallest absolute Gasteiger partial charge is 0.410 e. The van der Waals surface area contributed by atoms with Crippen LogP contribution in [0.4, 0.5) is 4.79 Å². The molecular formula is C11H21N3O3. The third-order valence-corrected chi connectivity index (χ3v) is 3.36. The summed E-state index contributed by atoms with van der Waals surface area (Å²) in [6.07, 6.45) is -0.391. The Morgan fingerprint density at radius 2 is 1.94 bits per heavy atom. The summed E-state index contributed by atoms with van der Waals surface area (Å²) in [5.74, 6) is 0. The average molecular weight is 243 g/mol. The SMILES string of the molecule is CC(C)(C)OC(=O)N1CC(O)(C2(N)CNC2)C1. The third kappa shape index (κ3) is 2.12. The molecule has 0 spiro atoms. The van der Waals surface area contributed by atoms with Gasteiger partial charge >= 0.3 is 6.09 Å². The summed E-state index contributed by atoms with van der Waals surface area (Å²) in [4.78, 5) is 13.2. The zero-order valence-corrected chi connectivity index (χ0v) is 10.6. The Labute approximate surface area is 101 Å². The van der Waals surface area contributed by atoms with Crippen LogP contribution >= 0.6 is 0 Å². The van der Waals surface area contributed by atoms with Gasteiger partial charge in [0.05, 0.1) is 18.6 Å². The van der Waals surface area contributed by atoms with Crippen molar-refractivity contribution in [2.75, 3.05) is 26.2 Å². The Balaban J connectivity index is 1.88. The Morgan fingerprint density at radius 1 is 1.41 bits per heavy atom. The summed E-state index contributed by atoms with van der Waals surface area (Å²) < 4.78 is 5.22. The molecule has 2 aliphatic rings. The number of carbonyl (C=O) groups excluding carboxylic acids is 1. The summed E-state index contributed by atoms with van der Waals surface area (Å²) in [6.45, 7) is 7.13. The molecule has 4 N–H and O–H groups in total. The van der Waals surface area contributed by atoms with E-state index < -0.39 is 22.8 Å². The minimum absolute atomic E-state index is 0.250. The van der Waals surface area contributed by atoms with Crippen molar-refractivity contribution < 1.29 is 14.6 Å². The number of β-amino-alcohol motifs (C(OH)–C–C–N with tert-alkyl or cyclic N) is 1. The number of likely N-dealkylation sites (tertiary alicyclic amines) is 1. The van der Waals surface area contributed by atoms with Gasteiger partial charge in [-0.1, -0.05) is 0 Å². The first kappa shape index (κ1) is 12.6. The van der Waals surface area contributed by atoms with Crippen molar-refractivity contribution in [2.45, 2.75) is 37.5 Å². The number of aliphatic hydroxyl groups is 1. The van der Waals surface area contributed by atoms with Gasteiger partial charge in [0.25, 0.3) is 0 Å². The van der Waals surface area contributed by atoms with Crippen LogP contribution in [0.15, 0.2) is 0 Å².